The predicted molar refractivity (Wildman–Crippen MR) is 242 cm³/mol. The van der Waals surface area contributed by atoms with Crippen LogP contribution in [0.2, 0.25) is 0 Å². The van der Waals surface area contributed by atoms with Crippen LogP contribution in [-0.4, -0.2) is 15.0 Å². The maximum Gasteiger partial charge on any atom is 0.172 e. The number of hydrogen-bond acceptors (Lipinski definition) is 5. The van der Waals surface area contributed by atoms with Gasteiger partial charge < -0.3 is 9.46 Å². The summed E-state index contributed by atoms with van der Waals surface area (Å²) in [5.74, 6) is 1.86. The number of benzene rings is 8. The number of aromatic nitrogens is 3. The number of rotatable bonds is 6. The summed E-state index contributed by atoms with van der Waals surface area (Å²) in [5, 5.41) is 2.62. The Labute approximate surface area is 343 Å². The molecular weight excluding hydrogens is 740 g/mol. The number of anilines is 3. The Morgan fingerprint density at radius 1 is 0.373 bits per heavy atom. The number of fused-ring (bicyclic) bond motifs is 6. The molecule has 0 saturated heterocycles. The summed E-state index contributed by atoms with van der Waals surface area (Å²) >= 11 is 0. The average molecular weight is 775 g/mol. The molecule has 1 unspecified atom stereocenters. The Morgan fingerprint density at radius 2 is 0.831 bits per heavy atom. The number of para-hydroxylation sites is 2. The molecule has 9 aromatic rings. The van der Waals surface area contributed by atoms with E-state index in [1.165, 1.54) is 0 Å². The zero-order chi connectivity index (χ0) is 39.3. The molecule has 0 saturated carbocycles. The normalized spacial score (nSPS) is 15.2. The first-order valence-electron chi connectivity index (χ1n) is 19.7. The van der Waals surface area contributed by atoms with Gasteiger partial charge in [0.15, 0.2) is 24.6 Å². The van der Waals surface area contributed by atoms with Gasteiger partial charge in [-0.05, 0) is 47.0 Å². The van der Waals surface area contributed by atoms with Gasteiger partial charge in [-0.15, -0.1) is 0 Å². The highest BCUT2D eigenvalue weighted by Gasteiger charge is 2.46. The van der Waals surface area contributed by atoms with Crippen molar-refractivity contribution in [2.75, 3.05) is 4.90 Å². The van der Waals surface area contributed by atoms with Gasteiger partial charge in [0.05, 0.1) is 11.4 Å². The van der Waals surface area contributed by atoms with Crippen molar-refractivity contribution in [3.8, 4) is 45.3 Å². The molecule has 59 heavy (non-hydrogen) atoms. The quantitative estimate of drug-likeness (QED) is 0.157. The zero-order valence-electron chi connectivity index (χ0n) is 31.9. The van der Waals surface area contributed by atoms with Crippen LogP contribution in [0.25, 0.3) is 56.2 Å². The molecule has 278 valence electrons. The van der Waals surface area contributed by atoms with Crippen LogP contribution in [0.3, 0.4) is 0 Å². The molecule has 3 heterocycles. The number of nitrogens with zero attached hydrogens (tertiary/aromatic N) is 4. The lowest BCUT2D eigenvalue weighted by Crippen LogP contribution is -2.17. The third kappa shape index (κ3) is 5.78. The van der Waals surface area contributed by atoms with Crippen molar-refractivity contribution in [1.29, 1.82) is 0 Å². The van der Waals surface area contributed by atoms with Crippen molar-refractivity contribution in [3.05, 3.63) is 229 Å². The minimum atomic E-state index is -3.28. The maximum atomic E-state index is 16.1. The Balaban J connectivity index is 1.06. The molecule has 1 atom stereocenters. The summed E-state index contributed by atoms with van der Waals surface area (Å²) < 4.78 is 16.1. The summed E-state index contributed by atoms with van der Waals surface area (Å²) in [6, 6.07) is 72.4. The minimum absolute atomic E-state index is 0.606. The van der Waals surface area contributed by atoms with Crippen molar-refractivity contribution in [1.82, 2.24) is 15.0 Å². The molecule has 0 fully saturated rings. The van der Waals surface area contributed by atoms with E-state index in [-0.39, 0.29) is 0 Å². The molecule has 1 aromatic heterocycles. The van der Waals surface area contributed by atoms with Crippen molar-refractivity contribution < 1.29 is 4.57 Å². The van der Waals surface area contributed by atoms with E-state index in [1.807, 2.05) is 97.1 Å². The third-order valence-electron chi connectivity index (χ3n) is 11.3. The maximum absolute atomic E-state index is 16.1. The summed E-state index contributed by atoms with van der Waals surface area (Å²) in [4.78, 5) is 17.2. The number of hydrogen-bond donors (Lipinski definition) is 0. The molecule has 6 heteroatoms. The summed E-state index contributed by atoms with van der Waals surface area (Å²) in [5.41, 5.74) is 11.9. The Morgan fingerprint density at radius 3 is 1.49 bits per heavy atom. The van der Waals surface area contributed by atoms with E-state index in [1.54, 1.807) is 0 Å². The molecule has 0 amide bonds. The molecule has 11 rings (SSSR count). The van der Waals surface area contributed by atoms with Gasteiger partial charge in [0.2, 0.25) is 0 Å². The summed E-state index contributed by atoms with van der Waals surface area (Å²) in [6.45, 7) is 0. The Bertz CT molecular complexity index is 3090. The fraction of sp³-hybridized carbons (Fsp3) is 0. The first-order chi connectivity index (χ1) is 29.1. The SMILES string of the molecule is O=P1(c2ccccc2)C2=C(c3ccccc3N(c3cccc(-c4cccc(-c5nc(-c6ccccc6)nc(-c6ccccc6)n5)c4)c3)c3ccccc32)c2ccccc21. The second-order valence-corrected chi connectivity index (χ2v) is 17.4. The largest absolute Gasteiger partial charge is 0.309 e. The first-order valence-corrected chi connectivity index (χ1v) is 21.4. The highest BCUT2D eigenvalue weighted by atomic mass is 31.2. The van der Waals surface area contributed by atoms with Crippen LogP contribution in [0.1, 0.15) is 16.7 Å². The molecule has 5 nitrogen and oxygen atoms in total. The Hall–Kier alpha value is -7.46. The van der Waals surface area contributed by atoms with Crippen LogP contribution in [0.15, 0.2) is 212 Å². The third-order valence-corrected chi connectivity index (χ3v) is 14.4. The minimum Gasteiger partial charge on any atom is -0.309 e. The zero-order valence-corrected chi connectivity index (χ0v) is 32.7. The van der Waals surface area contributed by atoms with Gasteiger partial charge >= 0.3 is 0 Å². The topological polar surface area (TPSA) is 59.0 Å². The van der Waals surface area contributed by atoms with Crippen LogP contribution < -0.4 is 15.5 Å². The van der Waals surface area contributed by atoms with E-state index >= 15 is 4.57 Å². The monoisotopic (exact) mass is 774 g/mol. The van der Waals surface area contributed by atoms with Crippen molar-refractivity contribution in [3.63, 3.8) is 0 Å². The molecule has 0 aliphatic carbocycles. The second kappa shape index (κ2) is 14.2. The fourth-order valence-electron chi connectivity index (χ4n) is 8.61. The Kier molecular flexibility index (Phi) is 8.35. The van der Waals surface area contributed by atoms with Crippen LogP contribution in [0.5, 0.6) is 0 Å². The van der Waals surface area contributed by atoms with Gasteiger partial charge in [-0.2, -0.15) is 0 Å². The molecular formula is C53H35N4OP. The average Bonchev–Trinajstić information content (AvgIpc) is 3.50. The lowest BCUT2D eigenvalue weighted by Gasteiger charge is -2.29. The van der Waals surface area contributed by atoms with Crippen LogP contribution in [0.4, 0.5) is 17.1 Å². The van der Waals surface area contributed by atoms with E-state index < -0.39 is 7.14 Å². The van der Waals surface area contributed by atoms with E-state index in [2.05, 4.69) is 120 Å². The molecule has 0 N–H and O–H groups in total. The standard InChI is InChI=1S/C53H35N4OP/c58-59(42-26-8-3-9-27-42)48-33-15-12-30-45(48)49-43-28-10-13-31-46(43)57(47-32-14-11-29-44(47)50(49)59)41-25-17-23-39(35-41)38-22-16-24-40(34-38)53-55-51(36-18-4-1-5-19-36)54-52(56-53)37-20-6-2-7-21-37/h1-35H. The van der Waals surface area contributed by atoms with Gasteiger partial charge in [-0.25, -0.2) is 15.0 Å². The van der Waals surface area contributed by atoms with Crippen LogP contribution >= 0.6 is 7.14 Å². The molecule has 0 radical (unpaired) electrons. The van der Waals surface area contributed by atoms with Crippen LogP contribution in [0, 0.1) is 0 Å². The van der Waals surface area contributed by atoms with Crippen LogP contribution in [-0.2, 0) is 4.57 Å². The lowest BCUT2D eigenvalue weighted by molar-refractivity contribution is 0.593. The molecule has 2 aliphatic rings. The van der Waals surface area contributed by atoms with E-state index in [9.17, 15) is 0 Å². The van der Waals surface area contributed by atoms with Crippen molar-refractivity contribution >= 4 is 45.7 Å². The van der Waals surface area contributed by atoms with E-state index in [4.69, 9.17) is 15.0 Å². The fourth-order valence-corrected chi connectivity index (χ4v) is 11.9. The predicted octanol–water partition coefficient (Wildman–Crippen LogP) is 12.6. The van der Waals surface area contributed by atoms with Gasteiger partial charge in [0.1, 0.15) is 0 Å². The highest BCUT2D eigenvalue weighted by Crippen LogP contribution is 2.68. The lowest BCUT2D eigenvalue weighted by atomic mass is 9.95. The van der Waals surface area contributed by atoms with Crippen molar-refractivity contribution in [2.45, 2.75) is 0 Å². The highest BCUT2D eigenvalue weighted by molar-refractivity contribution is 7.88. The van der Waals surface area contributed by atoms with Gasteiger partial charge in [-0.3, -0.25) is 0 Å². The smallest absolute Gasteiger partial charge is 0.172 e. The second-order valence-electron chi connectivity index (χ2n) is 14.7. The summed E-state index contributed by atoms with van der Waals surface area (Å²) in [6.07, 6.45) is 0. The first kappa shape index (κ1) is 34.8. The van der Waals surface area contributed by atoms with E-state index in [0.717, 1.165) is 83.1 Å². The molecule has 0 spiro atoms. The summed E-state index contributed by atoms with van der Waals surface area (Å²) in [7, 11) is -3.28. The van der Waals surface area contributed by atoms with Gasteiger partial charge in [-0.1, -0.05) is 182 Å². The molecule has 0 bridgehead atoms. The van der Waals surface area contributed by atoms with Gasteiger partial charge in [0, 0.05) is 55.0 Å². The van der Waals surface area contributed by atoms with Crippen molar-refractivity contribution in [2.24, 2.45) is 0 Å². The van der Waals surface area contributed by atoms with Gasteiger partial charge in [0.25, 0.3) is 0 Å². The molecule has 2 aliphatic heterocycles. The molecule has 8 aromatic carbocycles. The van der Waals surface area contributed by atoms with E-state index in [0.29, 0.717) is 17.5 Å².